The summed E-state index contributed by atoms with van der Waals surface area (Å²) in [5.41, 5.74) is 5.89. The van der Waals surface area contributed by atoms with Gasteiger partial charge in [-0.3, -0.25) is 0 Å². The van der Waals surface area contributed by atoms with Crippen LogP contribution >= 0.6 is 11.3 Å². The molecule has 1 aliphatic rings. The lowest BCUT2D eigenvalue weighted by Gasteiger charge is -2.33. The van der Waals surface area contributed by atoms with E-state index >= 15 is 0 Å². The first-order valence-corrected chi connectivity index (χ1v) is 13.0. The third kappa shape index (κ3) is 4.57. The largest absolute Gasteiger partial charge is 0.345 e. The number of hydrogen-bond donors (Lipinski definition) is 1. The summed E-state index contributed by atoms with van der Waals surface area (Å²) in [6.07, 6.45) is 2.60. The van der Waals surface area contributed by atoms with E-state index in [9.17, 15) is 17.2 Å². The molecule has 0 amide bonds. The van der Waals surface area contributed by atoms with Crippen molar-refractivity contribution in [2.24, 2.45) is 5.73 Å². The van der Waals surface area contributed by atoms with Crippen LogP contribution in [0.25, 0.3) is 10.3 Å². The summed E-state index contributed by atoms with van der Waals surface area (Å²) in [6, 6.07) is 3.42. The van der Waals surface area contributed by atoms with Gasteiger partial charge in [-0.15, -0.1) is 0 Å². The highest BCUT2D eigenvalue weighted by molar-refractivity contribution is 7.89. The number of hydrogen-bond acceptors (Lipinski definition) is 8. The molecular weight excluding hydrogens is 470 g/mol. The number of piperazine rings is 1. The second kappa shape index (κ2) is 9.16. The molecule has 0 saturated carbocycles. The van der Waals surface area contributed by atoms with Crippen LogP contribution in [-0.4, -0.2) is 59.9 Å². The van der Waals surface area contributed by atoms with Crippen molar-refractivity contribution in [3.63, 3.8) is 0 Å². The van der Waals surface area contributed by atoms with Crippen molar-refractivity contribution in [1.82, 2.24) is 19.3 Å². The van der Waals surface area contributed by atoms with Crippen LogP contribution in [0.1, 0.15) is 31.7 Å². The number of nitrogens with zero attached hydrogens (tertiary/aromatic N) is 5. The Morgan fingerprint density at radius 2 is 1.79 bits per heavy atom. The number of benzene rings is 1. The average Bonchev–Trinajstić information content (AvgIpc) is 3.27. The first kappa shape index (κ1) is 23.9. The Bertz CT molecular complexity index is 1230. The minimum atomic E-state index is -3.80. The Hall–Kier alpha value is -2.28. The zero-order valence-electron chi connectivity index (χ0n) is 18.4. The Morgan fingerprint density at radius 3 is 2.39 bits per heavy atom. The van der Waals surface area contributed by atoms with Crippen LogP contribution in [0, 0.1) is 0 Å². The van der Waals surface area contributed by atoms with Crippen LogP contribution in [0.2, 0.25) is 0 Å². The molecule has 4 rings (SSSR count). The van der Waals surface area contributed by atoms with Crippen molar-refractivity contribution in [2.45, 2.75) is 43.5 Å². The molecule has 3 heterocycles. The Labute approximate surface area is 195 Å². The summed E-state index contributed by atoms with van der Waals surface area (Å²) in [6.45, 7) is 5.03. The molecule has 1 aromatic carbocycles. The fourth-order valence-electron chi connectivity index (χ4n) is 3.65. The lowest BCUT2D eigenvalue weighted by atomic mass is 10.00. The molecule has 1 saturated heterocycles. The second-order valence-electron chi connectivity index (χ2n) is 7.88. The highest BCUT2D eigenvalue weighted by Crippen LogP contribution is 2.33. The molecule has 1 atom stereocenters. The van der Waals surface area contributed by atoms with E-state index in [1.165, 1.54) is 27.8 Å². The summed E-state index contributed by atoms with van der Waals surface area (Å²) in [5, 5.41) is 0.781. The number of fused-ring (bicyclic) bond motifs is 1. The molecule has 12 heteroatoms. The van der Waals surface area contributed by atoms with Gasteiger partial charge < -0.3 is 10.6 Å². The minimum Gasteiger partial charge on any atom is -0.345 e. The number of rotatable bonds is 7. The summed E-state index contributed by atoms with van der Waals surface area (Å²) in [7, 11) is -3.80. The van der Waals surface area contributed by atoms with Gasteiger partial charge in [0.15, 0.2) is 10.8 Å². The number of alkyl halides is 2. The minimum absolute atomic E-state index is 0.0112. The third-order valence-corrected chi connectivity index (χ3v) is 8.75. The van der Waals surface area contributed by atoms with Crippen molar-refractivity contribution in [3.05, 3.63) is 41.9 Å². The van der Waals surface area contributed by atoms with Gasteiger partial charge >= 0.3 is 0 Å². The number of aryl methyl sites for hydroxylation is 1. The van der Waals surface area contributed by atoms with Gasteiger partial charge in [-0.1, -0.05) is 37.3 Å². The van der Waals surface area contributed by atoms with E-state index in [0.29, 0.717) is 18.7 Å². The monoisotopic (exact) mass is 496 g/mol. The summed E-state index contributed by atoms with van der Waals surface area (Å²) in [5.74, 6) is -2.49. The molecule has 2 aromatic heterocycles. The highest BCUT2D eigenvalue weighted by atomic mass is 32.2. The molecule has 33 heavy (non-hydrogen) atoms. The van der Waals surface area contributed by atoms with Crippen LogP contribution in [0.4, 0.5) is 13.9 Å². The van der Waals surface area contributed by atoms with E-state index in [-0.39, 0.29) is 30.0 Å². The second-order valence-corrected chi connectivity index (χ2v) is 10.8. The topological polar surface area (TPSA) is 105 Å². The molecule has 1 unspecified atom stereocenters. The molecule has 178 valence electrons. The van der Waals surface area contributed by atoms with Crippen molar-refractivity contribution in [3.8, 4) is 0 Å². The fraction of sp³-hybridized carbons (Fsp3) is 0.476. The van der Waals surface area contributed by atoms with Gasteiger partial charge in [-0.25, -0.2) is 18.4 Å². The first-order chi connectivity index (χ1) is 15.7. The number of halogens is 2. The van der Waals surface area contributed by atoms with Gasteiger partial charge in [-0.05, 0) is 18.6 Å². The lowest BCUT2D eigenvalue weighted by molar-refractivity contribution is -0.0323. The fourth-order valence-corrected chi connectivity index (χ4v) is 6.01. The third-order valence-electron chi connectivity index (χ3n) is 5.80. The van der Waals surface area contributed by atoms with Crippen molar-refractivity contribution in [1.29, 1.82) is 0 Å². The molecule has 8 nitrogen and oxygen atoms in total. The van der Waals surface area contributed by atoms with Gasteiger partial charge in [0.2, 0.25) is 10.0 Å². The van der Waals surface area contributed by atoms with Crippen molar-refractivity contribution >= 4 is 36.8 Å². The molecule has 3 aromatic rings. The van der Waals surface area contributed by atoms with Crippen LogP contribution < -0.4 is 10.6 Å². The van der Waals surface area contributed by atoms with Crippen LogP contribution in [0.15, 0.2) is 35.4 Å². The standard InChI is InChI=1S/C21H26F2N6O2S2/c1-3-17(24)21(22,23)14-5-7-15(8-6-14)33(30,31)29-11-9-28(10-12-29)20-27-19-16(32-20)13-25-18(4-2)26-19/h5-8,13,17H,3-4,9-12,24H2,1-2H3. The van der Waals surface area contributed by atoms with E-state index in [4.69, 9.17) is 5.73 Å². The average molecular weight is 497 g/mol. The predicted molar refractivity (Wildman–Crippen MR) is 124 cm³/mol. The maximum Gasteiger partial charge on any atom is 0.287 e. The van der Waals surface area contributed by atoms with E-state index in [0.717, 1.165) is 34.2 Å². The van der Waals surface area contributed by atoms with Crippen LogP contribution in [-0.2, 0) is 22.4 Å². The quantitative estimate of drug-likeness (QED) is 0.536. The predicted octanol–water partition coefficient (Wildman–Crippen LogP) is 2.99. The number of sulfonamides is 1. The number of nitrogens with two attached hydrogens (primary N) is 1. The Balaban J connectivity index is 1.46. The van der Waals surface area contributed by atoms with E-state index < -0.39 is 22.0 Å². The summed E-state index contributed by atoms with van der Waals surface area (Å²) >= 11 is 1.48. The maximum atomic E-state index is 14.4. The van der Waals surface area contributed by atoms with Gasteiger partial charge in [0.25, 0.3) is 5.92 Å². The smallest absolute Gasteiger partial charge is 0.287 e. The zero-order valence-corrected chi connectivity index (χ0v) is 20.0. The molecule has 0 bridgehead atoms. The van der Waals surface area contributed by atoms with Gasteiger partial charge in [-0.2, -0.15) is 18.1 Å². The van der Waals surface area contributed by atoms with E-state index in [2.05, 4.69) is 15.0 Å². The maximum absolute atomic E-state index is 14.4. The normalized spacial score (nSPS) is 16.9. The highest BCUT2D eigenvalue weighted by Gasteiger charge is 2.38. The van der Waals surface area contributed by atoms with Gasteiger partial charge in [0.1, 0.15) is 5.82 Å². The lowest BCUT2D eigenvalue weighted by Crippen LogP contribution is -2.48. The number of aromatic nitrogens is 3. The Morgan fingerprint density at radius 1 is 1.12 bits per heavy atom. The SMILES string of the molecule is CCc1ncc2sc(N3CCN(S(=O)(=O)c4ccc(C(F)(F)C(N)CC)cc4)CC3)nc2n1. The van der Waals surface area contributed by atoms with Crippen molar-refractivity contribution < 1.29 is 17.2 Å². The van der Waals surface area contributed by atoms with Crippen molar-refractivity contribution in [2.75, 3.05) is 31.1 Å². The summed E-state index contributed by atoms with van der Waals surface area (Å²) in [4.78, 5) is 15.3. The first-order valence-electron chi connectivity index (χ1n) is 10.8. The van der Waals surface area contributed by atoms with Crippen LogP contribution in [0.5, 0.6) is 0 Å². The molecule has 1 fully saturated rings. The molecule has 1 aliphatic heterocycles. The molecular formula is C21H26F2N6O2S2. The molecule has 2 N–H and O–H groups in total. The van der Waals surface area contributed by atoms with Gasteiger partial charge in [0.05, 0.1) is 21.8 Å². The van der Waals surface area contributed by atoms with Gasteiger partial charge in [0, 0.05) is 38.2 Å². The zero-order chi connectivity index (χ0) is 23.8. The summed E-state index contributed by atoms with van der Waals surface area (Å²) < 4.78 is 57.1. The van der Waals surface area contributed by atoms with Crippen LogP contribution in [0.3, 0.4) is 0 Å². The Kier molecular flexibility index (Phi) is 6.63. The molecule has 0 aliphatic carbocycles. The number of thiazole rings is 1. The number of anilines is 1. The van der Waals surface area contributed by atoms with E-state index in [1.807, 2.05) is 11.8 Å². The molecule has 0 radical (unpaired) electrons. The molecule has 0 spiro atoms. The van der Waals surface area contributed by atoms with E-state index in [1.54, 1.807) is 13.1 Å².